The molecule has 9 nitrogen and oxygen atoms in total. The minimum absolute atomic E-state index is 0.102. The fraction of sp³-hybridized carbons (Fsp3) is 0.0870. The van der Waals surface area contributed by atoms with Crippen LogP contribution in [0.25, 0.3) is 28.1 Å². The summed E-state index contributed by atoms with van der Waals surface area (Å²) in [6.45, 7) is 1.95. The Kier molecular flexibility index (Phi) is 5.04. The van der Waals surface area contributed by atoms with Crippen LogP contribution in [0.5, 0.6) is 5.75 Å². The van der Waals surface area contributed by atoms with Crippen molar-refractivity contribution in [3.63, 3.8) is 0 Å². The summed E-state index contributed by atoms with van der Waals surface area (Å²) in [5, 5.41) is 13.9. The van der Waals surface area contributed by atoms with Crippen molar-refractivity contribution in [2.24, 2.45) is 0 Å². The number of nitrogens with zero attached hydrogens (tertiary/aromatic N) is 5. The molecule has 0 aliphatic rings. The number of benzene rings is 3. The Morgan fingerprint density at radius 2 is 1.88 bits per heavy atom. The van der Waals surface area contributed by atoms with Crippen molar-refractivity contribution in [1.29, 1.82) is 0 Å². The molecule has 0 saturated carbocycles. The van der Waals surface area contributed by atoms with Crippen LogP contribution in [0.3, 0.4) is 0 Å². The first kappa shape index (κ1) is 19.4. The number of carbonyl (C=O) groups excluding carboxylic acids is 1. The number of rotatable bonds is 6. The number of ether oxygens (including phenoxy) is 1. The summed E-state index contributed by atoms with van der Waals surface area (Å²) < 4.78 is 7.10. The van der Waals surface area contributed by atoms with Gasteiger partial charge in [0.1, 0.15) is 17.9 Å². The zero-order chi connectivity index (χ0) is 21.9. The molecule has 1 amide bonds. The minimum atomic E-state index is -0.249. The number of H-pyrrole nitrogens is 1. The molecule has 2 aromatic heterocycles. The van der Waals surface area contributed by atoms with E-state index >= 15 is 0 Å². The molecule has 0 saturated heterocycles. The zero-order valence-corrected chi connectivity index (χ0v) is 17.2. The number of aryl methyl sites for hydroxylation is 1. The van der Waals surface area contributed by atoms with Gasteiger partial charge in [-0.15, -0.1) is 5.10 Å². The minimum Gasteiger partial charge on any atom is -0.484 e. The number of carbonyl (C=O) groups is 1. The van der Waals surface area contributed by atoms with Gasteiger partial charge in [-0.2, -0.15) is 0 Å². The van der Waals surface area contributed by atoms with Crippen molar-refractivity contribution < 1.29 is 9.53 Å². The third-order valence-corrected chi connectivity index (χ3v) is 4.90. The largest absolute Gasteiger partial charge is 0.484 e. The second-order valence-electron chi connectivity index (χ2n) is 7.27. The van der Waals surface area contributed by atoms with Gasteiger partial charge in [0.25, 0.3) is 5.91 Å². The predicted molar refractivity (Wildman–Crippen MR) is 120 cm³/mol. The molecular weight excluding hydrogens is 406 g/mol. The molecule has 158 valence electrons. The molecule has 2 heterocycles. The van der Waals surface area contributed by atoms with Crippen molar-refractivity contribution in [2.75, 3.05) is 11.9 Å². The lowest BCUT2D eigenvalue weighted by atomic mass is 10.2. The maximum absolute atomic E-state index is 12.3. The zero-order valence-electron chi connectivity index (χ0n) is 17.2. The van der Waals surface area contributed by atoms with Crippen LogP contribution >= 0.6 is 0 Å². The van der Waals surface area contributed by atoms with Crippen LogP contribution < -0.4 is 10.1 Å². The summed E-state index contributed by atoms with van der Waals surface area (Å²) in [4.78, 5) is 20.2. The normalized spacial score (nSPS) is 10.9. The highest BCUT2D eigenvalue weighted by atomic mass is 16.5. The number of tetrazole rings is 1. The number of imidazole rings is 1. The summed E-state index contributed by atoms with van der Waals surface area (Å²) in [6.07, 6.45) is 1.50. The summed E-state index contributed by atoms with van der Waals surface area (Å²) in [7, 11) is 0. The predicted octanol–water partition coefficient (Wildman–Crippen LogP) is 3.53. The number of fused-ring (bicyclic) bond motifs is 1. The third-order valence-electron chi connectivity index (χ3n) is 4.90. The molecule has 32 heavy (non-hydrogen) atoms. The molecule has 9 heteroatoms. The number of nitrogens with one attached hydrogen (secondary N) is 2. The number of aromatic amines is 1. The topological polar surface area (TPSA) is 111 Å². The van der Waals surface area contributed by atoms with Gasteiger partial charge < -0.3 is 15.0 Å². The lowest BCUT2D eigenvalue weighted by Crippen LogP contribution is -2.20. The Morgan fingerprint density at radius 1 is 1.06 bits per heavy atom. The average molecular weight is 425 g/mol. The smallest absolute Gasteiger partial charge is 0.262 e. The second kappa shape index (κ2) is 8.31. The molecule has 3 aromatic carbocycles. The van der Waals surface area contributed by atoms with Crippen LogP contribution in [-0.4, -0.2) is 42.7 Å². The second-order valence-corrected chi connectivity index (χ2v) is 7.27. The molecule has 0 atom stereocenters. The van der Waals surface area contributed by atoms with E-state index in [1.165, 1.54) is 16.6 Å². The molecule has 5 aromatic rings. The standard InChI is InChI=1S/C23H19N7O2/c1-15-2-11-20-21(12-15)27-23(26-20)16-3-5-17(6-4-16)25-22(31)13-32-19-9-7-18(8-10-19)30-14-24-28-29-30/h2-12,14H,13H2,1H3,(H,25,31)(H,26,27). The SMILES string of the molecule is Cc1ccc2nc(-c3ccc(NC(=O)COc4ccc(-n5cnnn5)cc4)cc3)[nH]c2c1. The van der Waals surface area contributed by atoms with Gasteiger partial charge in [0.2, 0.25) is 0 Å². The summed E-state index contributed by atoms with van der Waals surface area (Å²) in [5.74, 6) is 1.12. The van der Waals surface area contributed by atoms with Gasteiger partial charge in [0.05, 0.1) is 16.7 Å². The van der Waals surface area contributed by atoms with Crippen molar-refractivity contribution in [2.45, 2.75) is 6.92 Å². The first-order chi connectivity index (χ1) is 15.6. The van der Waals surface area contributed by atoms with Gasteiger partial charge in [-0.3, -0.25) is 4.79 Å². The van der Waals surface area contributed by atoms with Crippen molar-refractivity contribution in [3.05, 3.63) is 78.6 Å². The molecule has 0 aliphatic carbocycles. The van der Waals surface area contributed by atoms with Crippen molar-refractivity contribution in [1.82, 2.24) is 30.2 Å². The lowest BCUT2D eigenvalue weighted by Gasteiger charge is -2.08. The third kappa shape index (κ3) is 4.17. The molecule has 0 radical (unpaired) electrons. The maximum atomic E-state index is 12.3. The molecule has 2 N–H and O–H groups in total. The van der Waals surface area contributed by atoms with Gasteiger partial charge >= 0.3 is 0 Å². The molecular formula is C23H19N7O2. The first-order valence-corrected chi connectivity index (χ1v) is 9.97. The van der Waals surface area contributed by atoms with E-state index in [-0.39, 0.29) is 12.5 Å². The highest BCUT2D eigenvalue weighted by Gasteiger charge is 2.08. The Labute approximate surface area is 183 Å². The van der Waals surface area contributed by atoms with Crippen LogP contribution in [0, 0.1) is 6.92 Å². The number of hydrogen-bond acceptors (Lipinski definition) is 6. The number of amides is 1. The molecule has 0 fully saturated rings. The Morgan fingerprint density at radius 3 is 2.62 bits per heavy atom. The summed E-state index contributed by atoms with van der Waals surface area (Å²) >= 11 is 0. The maximum Gasteiger partial charge on any atom is 0.262 e. The number of aromatic nitrogens is 6. The Balaban J connectivity index is 1.18. The van der Waals surface area contributed by atoms with Crippen LogP contribution in [-0.2, 0) is 4.79 Å². The molecule has 0 aliphatic heterocycles. The van der Waals surface area contributed by atoms with E-state index in [4.69, 9.17) is 4.74 Å². The van der Waals surface area contributed by atoms with E-state index in [0.29, 0.717) is 11.4 Å². The van der Waals surface area contributed by atoms with Crippen LogP contribution in [0.2, 0.25) is 0 Å². The monoisotopic (exact) mass is 425 g/mol. The van der Waals surface area contributed by atoms with Crippen molar-refractivity contribution >= 4 is 22.6 Å². The van der Waals surface area contributed by atoms with Crippen LogP contribution in [0.15, 0.2) is 73.1 Å². The Bertz CT molecular complexity index is 1360. The fourth-order valence-electron chi connectivity index (χ4n) is 3.29. The van der Waals surface area contributed by atoms with E-state index in [0.717, 1.165) is 28.1 Å². The number of hydrogen-bond donors (Lipinski definition) is 2. The van der Waals surface area contributed by atoms with E-state index in [2.05, 4.69) is 36.9 Å². The molecule has 0 spiro atoms. The molecule has 0 unspecified atom stereocenters. The average Bonchev–Trinajstić information content (AvgIpc) is 3.48. The van der Waals surface area contributed by atoms with Crippen LogP contribution in [0.1, 0.15) is 5.56 Å². The first-order valence-electron chi connectivity index (χ1n) is 9.97. The fourth-order valence-corrected chi connectivity index (χ4v) is 3.29. The van der Waals surface area contributed by atoms with Gasteiger partial charge in [0.15, 0.2) is 6.61 Å². The van der Waals surface area contributed by atoms with Gasteiger partial charge in [-0.05, 0) is 83.6 Å². The Hall–Kier alpha value is -4.53. The molecule has 5 rings (SSSR count). The van der Waals surface area contributed by atoms with Gasteiger partial charge in [-0.25, -0.2) is 9.67 Å². The number of anilines is 1. The van der Waals surface area contributed by atoms with E-state index in [9.17, 15) is 4.79 Å². The summed E-state index contributed by atoms with van der Waals surface area (Å²) in [5.41, 5.74) is 5.52. The molecule has 0 bridgehead atoms. The highest BCUT2D eigenvalue weighted by Crippen LogP contribution is 2.23. The van der Waals surface area contributed by atoms with E-state index in [1.54, 1.807) is 12.1 Å². The van der Waals surface area contributed by atoms with Crippen molar-refractivity contribution in [3.8, 4) is 22.8 Å². The highest BCUT2D eigenvalue weighted by molar-refractivity contribution is 5.92. The van der Waals surface area contributed by atoms with Crippen LogP contribution in [0.4, 0.5) is 5.69 Å². The van der Waals surface area contributed by atoms with Gasteiger partial charge in [-0.1, -0.05) is 6.07 Å². The summed E-state index contributed by atoms with van der Waals surface area (Å²) in [6, 6.07) is 20.7. The lowest BCUT2D eigenvalue weighted by molar-refractivity contribution is -0.118. The van der Waals surface area contributed by atoms with E-state index < -0.39 is 0 Å². The van der Waals surface area contributed by atoms with E-state index in [1.807, 2.05) is 55.5 Å². The quantitative estimate of drug-likeness (QED) is 0.431. The van der Waals surface area contributed by atoms with Gasteiger partial charge in [0, 0.05) is 11.3 Å².